The number of aryl methyl sites for hydroxylation is 1. The number of rotatable bonds is 4. The molecule has 2 aromatic carbocycles. The maximum atomic E-state index is 12.8. The number of hydrogen-bond donors (Lipinski definition) is 1. The third-order valence-electron chi connectivity index (χ3n) is 4.51. The molecular formula is C20H22NO2S+. The van der Waals surface area contributed by atoms with Crippen LogP contribution in [0.1, 0.15) is 43.4 Å². The third kappa shape index (κ3) is 2.82. The Balaban J connectivity index is 2.04. The molecule has 0 radical (unpaired) electrons. The Hall–Kier alpha value is -2.20. The van der Waals surface area contributed by atoms with Crippen molar-refractivity contribution in [3.63, 3.8) is 0 Å². The first kappa shape index (κ1) is 16.7. The van der Waals surface area contributed by atoms with E-state index in [4.69, 9.17) is 0 Å². The average Bonchev–Trinajstić information content (AvgIpc) is 2.80. The van der Waals surface area contributed by atoms with Gasteiger partial charge < -0.3 is 0 Å². The molecule has 0 fully saturated rings. The summed E-state index contributed by atoms with van der Waals surface area (Å²) < 4.78 is 28.4. The van der Waals surface area contributed by atoms with Crippen LogP contribution in [0.2, 0.25) is 0 Å². The normalized spacial score (nSPS) is 16.9. The zero-order valence-electron chi connectivity index (χ0n) is 14.4. The number of fused-ring (bicyclic) bond motifs is 1. The van der Waals surface area contributed by atoms with Crippen LogP contribution < -0.4 is 4.72 Å². The van der Waals surface area contributed by atoms with E-state index in [9.17, 15) is 8.42 Å². The Labute approximate surface area is 144 Å². The molecule has 0 aromatic heterocycles. The number of nitrogens with one attached hydrogen (secondary N) is 1. The van der Waals surface area contributed by atoms with Gasteiger partial charge in [0.2, 0.25) is 0 Å². The SMILES string of the molecule is CC1=C(NS(=O)(=O)c2ccc(C)cc2)c2ccccc2[C@@H]1[C+](C)C. The van der Waals surface area contributed by atoms with Crippen LogP contribution in [0.15, 0.2) is 59.0 Å². The maximum absolute atomic E-state index is 12.8. The minimum Gasteiger partial charge on any atom is -0.279 e. The van der Waals surface area contributed by atoms with E-state index in [-0.39, 0.29) is 10.8 Å². The molecule has 0 unspecified atom stereocenters. The van der Waals surface area contributed by atoms with E-state index in [2.05, 4.69) is 24.6 Å². The van der Waals surface area contributed by atoms with Gasteiger partial charge in [0, 0.05) is 16.7 Å². The topological polar surface area (TPSA) is 46.2 Å². The molecule has 1 aliphatic rings. The molecular weight excluding hydrogens is 318 g/mol. The van der Waals surface area contributed by atoms with Gasteiger partial charge in [0.25, 0.3) is 10.0 Å². The van der Waals surface area contributed by atoms with Gasteiger partial charge in [-0.2, -0.15) is 0 Å². The molecule has 124 valence electrons. The molecule has 1 N–H and O–H groups in total. The molecule has 1 aliphatic carbocycles. The largest absolute Gasteiger partial charge is 0.279 e. The lowest BCUT2D eigenvalue weighted by atomic mass is 9.86. The smallest absolute Gasteiger partial charge is 0.261 e. The fourth-order valence-corrected chi connectivity index (χ4v) is 4.51. The van der Waals surface area contributed by atoms with Crippen LogP contribution in [0.4, 0.5) is 0 Å². The summed E-state index contributed by atoms with van der Waals surface area (Å²) in [5.41, 5.74) is 4.92. The van der Waals surface area contributed by atoms with E-state index in [1.54, 1.807) is 12.1 Å². The summed E-state index contributed by atoms with van der Waals surface area (Å²) in [5.74, 6) is 1.42. The van der Waals surface area contributed by atoms with E-state index in [1.165, 1.54) is 5.92 Å². The summed E-state index contributed by atoms with van der Waals surface area (Å²) in [6, 6.07) is 14.9. The third-order valence-corrected chi connectivity index (χ3v) is 5.88. The van der Waals surface area contributed by atoms with Crippen LogP contribution in [0, 0.1) is 12.8 Å². The lowest BCUT2D eigenvalue weighted by Crippen LogP contribution is -2.22. The molecule has 2 aromatic rings. The summed E-state index contributed by atoms with van der Waals surface area (Å²) in [7, 11) is -3.60. The summed E-state index contributed by atoms with van der Waals surface area (Å²) in [4.78, 5) is 0.284. The second-order valence-corrected chi connectivity index (χ2v) is 8.26. The van der Waals surface area contributed by atoms with Crippen molar-refractivity contribution in [1.82, 2.24) is 4.72 Å². The van der Waals surface area contributed by atoms with Crippen molar-refractivity contribution in [1.29, 1.82) is 0 Å². The Morgan fingerprint density at radius 2 is 1.58 bits per heavy atom. The lowest BCUT2D eigenvalue weighted by molar-refractivity contribution is 0.591. The van der Waals surface area contributed by atoms with Gasteiger partial charge in [-0.1, -0.05) is 42.0 Å². The van der Waals surface area contributed by atoms with E-state index in [1.807, 2.05) is 44.2 Å². The van der Waals surface area contributed by atoms with E-state index < -0.39 is 10.0 Å². The predicted molar refractivity (Wildman–Crippen MR) is 97.9 cm³/mol. The molecule has 3 nitrogen and oxygen atoms in total. The first-order chi connectivity index (χ1) is 11.3. The predicted octanol–water partition coefficient (Wildman–Crippen LogP) is 4.42. The van der Waals surface area contributed by atoms with Gasteiger partial charge >= 0.3 is 0 Å². The maximum Gasteiger partial charge on any atom is 0.261 e. The van der Waals surface area contributed by atoms with Crippen LogP contribution in [0.5, 0.6) is 0 Å². The number of benzene rings is 2. The molecule has 0 aliphatic heterocycles. The lowest BCUT2D eigenvalue weighted by Gasteiger charge is -2.11. The second kappa shape index (κ2) is 6.02. The number of hydrogen-bond acceptors (Lipinski definition) is 2. The monoisotopic (exact) mass is 340 g/mol. The van der Waals surface area contributed by atoms with Gasteiger partial charge in [0.1, 0.15) is 5.92 Å². The molecule has 0 amide bonds. The highest BCUT2D eigenvalue weighted by atomic mass is 32.2. The van der Waals surface area contributed by atoms with Crippen molar-refractivity contribution in [2.24, 2.45) is 0 Å². The van der Waals surface area contributed by atoms with Crippen molar-refractivity contribution < 1.29 is 8.42 Å². The van der Waals surface area contributed by atoms with Crippen LogP contribution >= 0.6 is 0 Å². The highest BCUT2D eigenvalue weighted by Gasteiger charge is 2.38. The molecule has 0 saturated carbocycles. The highest BCUT2D eigenvalue weighted by Crippen LogP contribution is 2.45. The zero-order chi connectivity index (χ0) is 17.5. The number of sulfonamides is 1. The van der Waals surface area contributed by atoms with Crippen LogP contribution in [0.25, 0.3) is 5.70 Å². The van der Waals surface area contributed by atoms with E-state index in [0.29, 0.717) is 5.70 Å². The van der Waals surface area contributed by atoms with Gasteiger partial charge in [0.15, 0.2) is 0 Å². The van der Waals surface area contributed by atoms with Crippen molar-refractivity contribution in [3.05, 3.63) is 76.7 Å². The van der Waals surface area contributed by atoms with Crippen LogP contribution in [-0.2, 0) is 10.0 Å². The Kier molecular flexibility index (Phi) is 4.18. The summed E-state index contributed by atoms with van der Waals surface area (Å²) in [6.07, 6.45) is 0. The van der Waals surface area contributed by atoms with Gasteiger partial charge in [-0.25, -0.2) is 8.42 Å². The Bertz CT molecular complexity index is 893. The van der Waals surface area contributed by atoms with E-state index >= 15 is 0 Å². The highest BCUT2D eigenvalue weighted by molar-refractivity contribution is 7.89. The van der Waals surface area contributed by atoms with Crippen molar-refractivity contribution in [3.8, 4) is 0 Å². The van der Waals surface area contributed by atoms with Gasteiger partial charge in [-0.15, -0.1) is 0 Å². The van der Waals surface area contributed by atoms with Gasteiger partial charge in [-0.05, 0) is 26.0 Å². The fourth-order valence-electron chi connectivity index (χ4n) is 3.36. The molecule has 0 heterocycles. The molecule has 24 heavy (non-hydrogen) atoms. The molecule has 4 heteroatoms. The quantitative estimate of drug-likeness (QED) is 0.838. The molecule has 0 spiro atoms. The van der Waals surface area contributed by atoms with Crippen molar-refractivity contribution in [2.75, 3.05) is 0 Å². The van der Waals surface area contributed by atoms with Crippen molar-refractivity contribution in [2.45, 2.75) is 38.5 Å². The molecule has 0 saturated heterocycles. The second-order valence-electron chi connectivity index (χ2n) is 6.57. The summed E-state index contributed by atoms with van der Waals surface area (Å²) >= 11 is 0. The summed E-state index contributed by atoms with van der Waals surface area (Å²) in [6.45, 7) is 8.11. The molecule has 1 atom stereocenters. The van der Waals surface area contributed by atoms with Gasteiger partial charge in [0.05, 0.1) is 30.4 Å². The summed E-state index contributed by atoms with van der Waals surface area (Å²) in [5, 5.41) is 0. The van der Waals surface area contributed by atoms with Gasteiger partial charge in [-0.3, -0.25) is 4.72 Å². The number of allylic oxidation sites excluding steroid dienone is 1. The standard InChI is InChI=1S/C20H22NO2S/c1-13(2)19-15(4)20(18-8-6-5-7-17(18)19)21-24(22,23)16-11-9-14(3)10-12-16/h5-12,19,21H,1-4H3/q+1/t19-/m1/s1. The first-order valence-corrected chi connectivity index (χ1v) is 9.49. The zero-order valence-corrected chi connectivity index (χ0v) is 15.2. The average molecular weight is 340 g/mol. The van der Waals surface area contributed by atoms with E-state index in [0.717, 1.165) is 22.3 Å². The molecule has 0 bridgehead atoms. The minimum atomic E-state index is -3.60. The minimum absolute atomic E-state index is 0.164. The van der Waals surface area contributed by atoms with Crippen molar-refractivity contribution >= 4 is 15.7 Å². The first-order valence-electron chi connectivity index (χ1n) is 8.01. The van der Waals surface area contributed by atoms with Crippen LogP contribution in [0.3, 0.4) is 0 Å². The Morgan fingerprint density at radius 1 is 0.958 bits per heavy atom. The molecule has 3 rings (SSSR count). The fraction of sp³-hybridized carbons (Fsp3) is 0.250. The Morgan fingerprint density at radius 3 is 2.21 bits per heavy atom. The van der Waals surface area contributed by atoms with Crippen LogP contribution in [-0.4, -0.2) is 8.42 Å².